The summed E-state index contributed by atoms with van der Waals surface area (Å²) < 4.78 is 34.1. The number of rotatable bonds is 13. The Balaban J connectivity index is 2.09. The Hall–Kier alpha value is -2.98. The molecular formula is C30H34Cl3N3O5S. The van der Waals surface area contributed by atoms with Crippen LogP contribution < -0.4 is 14.4 Å². The third-order valence-electron chi connectivity index (χ3n) is 6.77. The third-order valence-corrected chi connectivity index (χ3v) is 9.38. The minimum absolute atomic E-state index is 0.0484. The van der Waals surface area contributed by atoms with Crippen LogP contribution in [-0.4, -0.2) is 50.9 Å². The fourth-order valence-electron chi connectivity index (χ4n) is 4.23. The van der Waals surface area contributed by atoms with E-state index >= 15 is 0 Å². The quantitative estimate of drug-likeness (QED) is 0.225. The van der Waals surface area contributed by atoms with Gasteiger partial charge < -0.3 is 15.0 Å². The van der Waals surface area contributed by atoms with Gasteiger partial charge in [0.15, 0.2) is 0 Å². The van der Waals surface area contributed by atoms with Gasteiger partial charge in [-0.2, -0.15) is 0 Å². The maximum absolute atomic E-state index is 14.2. The normalized spacial score (nSPS) is 12.7. The summed E-state index contributed by atoms with van der Waals surface area (Å²) in [6.45, 7) is 4.94. The van der Waals surface area contributed by atoms with E-state index < -0.39 is 28.5 Å². The Morgan fingerprint density at radius 1 is 0.929 bits per heavy atom. The van der Waals surface area contributed by atoms with E-state index in [4.69, 9.17) is 39.5 Å². The minimum Gasteiger partial charge on any atom is -0.497 e. The number of hydrogen-bond acceptors (Lipinski definition) is 5. The lowest BCUT2D eigenvalue weighted by Crippen LogP contribution is -2.53. The zero-order valence-corrected chi connectivity index (χ0v) is 26.9. The Morgan fingerprint density at radius 3 is 2.17 bits per heavy atom. The number of halogens is 3. The van der Waals surface area contributed by atoms with Crippen LogP contribution in [0.2, 0.25) is 15.1 Å². The van der Waals surface area contributed by atoms with E-state index in [0.29, 0.717) is 32.8 Å². The van der Waals surface area contributed by atoms with E-state index in [0.717, 1.165) is 4.31 Å². The third kappa shape index (κ3) is 8.31. The van der Waals surface area contributed by atoms with E-state index in [1.54, 1.807) is 43.3 Å². The molecular weight excluding hydrogens is 621 g/mol. The lowest BCUT2D eigenvalue weighted by molar-refractivity contribution is -0.140. The largest absolute Gasteiger partial charge is 0.497 e. The summed E-state index contributed by atoms with van der Waals surface area (Å²) in [4.78, 5) is 28.8. The van der Waals surface area contributed by atoms with E-state index in [9.17, 15) is 18.0 Å². The highest BCUT2D eigenvalue weighted by Crippen LogP contribution is 2.29. The molecule has 8 nitrogen and oxygen atoms in total. The standard InChI is InChI=1S/C30H34Cl3N3O5S/c1-5-20(3)34-30(38)28(6-2)35(18-21-10-11-23(32)17-27(21)33)29(37)19-36(24-9-7-8-22(31)16-24)42(39,40)26-14-12-25(41-4)13-15-26/h7-17,20,28H,5-6,18-19H2,1-4H3,(H,34,38)/t20-,28-/m0/s1. The Morgan fingerprint density at radius 2 is 1.60 bits per heavy atom. The molecule has 3 rings (SSSR count). The van der Waals surface area contributed by atoms with Gasteiger partial charge in [0.1, 0.15) is 18.3 Å². The van der Waals surface area contributed by atoms with Gasteiger partial charge in [0, 0.05) is 27.7 Å². The molecule has 3 aromatic rings. The van der Waals surface area contributed by atoms with Crippen LogP contribution in [0.5, 0.6) is 5.75 Å². The second-order valence-corrected chi connectivity index (χ2v) is 12.8. The molecule has 0 spiro atoms. The van der Waals surface area contributed by atoms with Gasteiger partial charge in [-0.3, -0.25) is 13.9 Å². The summed E-state index contributed by atoms with van der Waals surface area (Å²) in [5.41, 5.74) is 0.741. The fourth-order valence-corrected chi connectivity index (χ4v) is 6.29. The molecule has 1 N–H and O–H groups in total. The first-order valence-electron chi connectivity index (χ1n) is 13.4. The summed E-state index contributed by atoms with van der Waals surface area (Å²) in [6, 6.07) is 15.9. The Kier molecular flexibility index (Phi) is 11.9. The molecule has 0 bridgehead atoms. The number of nitrogens with one attached hydrogen (secondary N) is 1. The van der Waals surface area contributed by atoms with Crippen molar-refractivity contribution in [3.05, 3.63) is 87.4 Å². The van der Waals surface area contributed by atoms with Crippen LogP contribution in [0.3, 0.4) is 0 Å². The summed E-state index contributed by atoms with van der Waals surface area (Å²) in [6.07, 6.45) is 0.976. The van der Waals surface area contributed by atoms with Gasteiger partial charge in [-0.05, 0) is 79.9 Å². The van der Waals surface area contributed by atoms with Crippen LogP contribution in [0, 0.1) is 0 Å². The monoisotopic (exact) mass is 653 g/mol. The number of carbonyl (C=O) groups excluding carboxylic acids is 2. The van der Waals surface area contributed by atoms with Gasteiger partial charge in [0.2, 0.25) is 11.8 Å². The molecule has 0 saturated heterocycles. The molecule has 226 valence electrons. The zero-order chi connectivity index (χ0) is 31.0. The van der Waals surface area contributed by atoms with E-state index in [-0.39, 0.29) is 35.5 Å². The van der Waals surface area contributed by atoms with Crippen molar-refractivity contribution in [2.24, 2.45) is 0 Å². The molecule has 0 radical (unpaired) electrons. The number of benzene rings is 3. The van der Waals surface area contributed by atoms with Crippen molar-refractivity contribution in [2.75, 3.05) is 18.0 Å². The van der Waals surface area contributed by atoms with Crippen LogP contribution in [0.15, 0.2) is 71.6 Å². The topological polar surface area (TPSA) is 96.0 Å². The van der Waals surface area contributed by atoms with Crippen molar-refractivity contribution in [3.63, 3.8) is 0 Å². The first-order chi connectivity index (χ1) is 19.9. The summed E-state index contributed by atoms with van der Waals surface area (Å²) in [5, 5.41) is 3.96. The fraction of sp³-hybridized carbons (Fsp3) is 0.333. The number of carbonyl (C=O) groups is 2. The van der Waals surface area contributed by atoms with Gasteiger partial charge in [-0.1, -0.05) is 60.8 Å². The molecule has 42 heavy (non-hydrogen) atoms. The van der Waals surface area contributed by atoms with Crippen LogP contribution in [0.1, 0.15) is 39.2 Å². The average Bonchev–Trinajstić information content (AvgIpc) is 2.96. The van der Waals surface area contributed by atoms with Gasteiger partial charge in [0.25, 0.3) is 10.0 Å². The van der Waals surface area contributed by atoms with Crippen LogP contribution in [0.25, 0.3) is 0 Å². The average molecular weight is 655 g/mol. The van der Waals surface area contributed by atoms with Crippen molar-refractivity contribution >= 4 is 62.3 Å². The second kappa shape index (κ2) is 15.0. The van der Waals surface area contributed by atoms with Crippen molar-refractivity contribution < 1.29 is 22.7 Å². The lowest BCUT2D eigenvalue weighted by Gasteiger charge is -2.34. The molecule has 2 atom stereocenters. The highest BCUT2D eigenvalue weighted by molar-refractivity contribution is 7.92. The molecule has 0 aliphatic rings. The second-order valence-electron chi connectivity index (χ2n) is 9.67. The maximum Gasteiger partial charge on any atom is 0.264 e. The Bertz CT molecular complexity index is 1500. The van der Waals surface area contributed by atoms with E-state index in [1.807, 2.05) is 13.8 Å². The molecule has 0 saturated carbocycles. The van der Waals surface area contributed by atoms with Crippen molar-refractivity contribution in [2.45, 2.75) is 57.1 Å². The van der Waals surface area contributed by atoms with Crippen LogP contribution in [-0.2, 0) is 26.2 Å². The lowest BCUT2D eigenvalue weighted by atomic mass is 10.1. The number of amides is 2. The van der Waals surface area contributed by atoms with Crippen molar-refractivity contribution in [1.82, 2.24) is 10.2 Å². The van der Waals surface area contributed by atoms with Crippen LogP contribution >= 0.6 is 34.8 Å². The van der Waals surface area contributed by atoms with E-state index in [2.05, 4.69) is 5.32 Å². The number of anilines is 1. The zero-order valence-electron chi connectivity index (χ0n) is 23.8. The molecule has 0 aliphatic heterocycles. The van der Waals surface area contributed by atoms with Crippen molar-refractivity contribution in [1.29, 1.82) is 0 Å². The molecule has 0 aliphatic carbocycles. The molecule has 12 heteroatoms. The van der Waals surface area contributed by atoms with Gasteiger partial charge in [0.05, 0.1) is 17.7 Å². The minimum atomic E-state index is -4.26. The number of ether oxygens (including phenoxy) is 1. The molecule has 0 heterocycles. The number of nitrogens with zero attached hydrogens (tertiary/aromatic N) is 2. The maximum atomic E-state index is 14.2. The summed E-state index contributed by atoms with van der Waals surface area (Å²) in [5.74, 6) is -0.481. The SMILES string of the molecule is CC[C@H](C)NC(=O)[C@H](CC)N(Cc1ccc(Cl)cc1Cl)C(=O)CN(c1cccc(Cl)c1)S(=O)(=O)c1ccc(OC)cc1. The summed E-state index contributed by atoms with van der Waals surface area (Å²) in [7, 11) is -2.78. The van der Waals surface area contributed by atoms with Gasteiger partial charge in [-0.15, -0.1) is 0 Å². The molecule has 3 aromatic carbocycles. The molecule has 0 aromatic heterocycles. The highest BCUT2D eigenvalue weighted by Gasteiger charge is 2.34. The number of sulfonamides is 1. The van der Waals surface area contributed by atoms with Crippen molar-refractivity contribution in [3.8, 4) is 5.75 Å². The summed E-state index contributed by atoms with van der Waals surface area (Å²) >= 11 is 18.8. The van der Waals surface area contributed by atoms with Crippen LogP contribution in [0.4, 0.5) is 5.69 Å². The first kappa shape index (κ1) is 33.5. The first-order valence-corrected chi connectivity index (χ1v) is 15.9. The molecule has 0 unspecified atom stereocenters. The van der Waals surface area contributed by atoms with E-state index in [1.165, 1.54) is 42.3 Å². The predicted octanol–water partition coefficient (Wildman–Crippen LogP) is 6.57. The molecule has 2 amide bonds. The smallest absolute Gasteiger partial charge is 0.264 e. The van der Waals surface area contributed by atoms with Gasteiger partial charge in [-0.25, -0.2) is 8.42 Å². The predicted molar refractivity (Wildman–Crippen MR) is 168 cm³/mol. The molecule has 0 fully saturated rings. The van der Waals surface area contributed by atoms with Gasteiger partial charge >= 0.3 is 0 Å². The number of methoxy groups -OCH3 is 1. The number of hydrogen-bond donors (Lipinski definition) is 1. The highest BCUT2D eigenvalue weighted by atomic mass is 35.5. The Labute approximate surface area is 262 Å².